The monoisotopic (exact) mass is 323 g/mol. The fourth-order valence-electron chi connectivity index (χ4n) is 2.17. The van der Waals surface area contributed by atoms with Gasteiger partial charge in [-0.05, 0) is 36.5 Å². The number of carbonyl (C=O) groups excluding carboxylic acids is 1. The molecule has 1 rings (SSSR count). The number of hydrogen-bond donors (Lipinski definition) is 5. The standard InChI is InChI=1S/C16H25N3O4/c1-10(2)14(18)16(23,15(21)22)19-13(20)5-3-4-11-6-8-12(17)9-7-11/h6-10,14,23H,3-5,17-18H2,1-2H3,(H,19,20)(H,21,22)/t14-,16+/m1/s1. The van der Waals surface area contributed by atoms with Crippen molar-refractivity contribution in [3.63, 3.8) is 0 Å². The van der Waals surface area contributed by atoms with Crippen molar-refractivity contribution < 1.29 is 19.8 Å². The van der Waals surface area contributed by atoms with Gasteiger partial charge in [-0.25, -0.2) is 4.79 Å². The Balaban J connectivity index is 2.56. The summed E-state index contributed by atoms with van der Waals surface area (Å²) in [6.45, 7) is 3.34. The molecule has 0 aromatic heterocycles. The van der Waals surface area contributed by atoms with E-state index in [0.717, 1.165) is 5.56 Å². The van der Waals surface area contributed by atoms with E-state index in [4.69, 9.17) is 11.5 Å². The molecule has 7 N–H and O–H groups in total. The van der Waals surface area contributed by atoms with Crippen molar-refractivity contribution in [2.24, 2.45) is 11.7 Å². The molecule has 1 aromatic carbocycles. The number of aliphatic hydroxyl groups is 1. The molecule has 0 saturated carbocycles. The van der Waals surface area contributed by atoms with Crippen molar-refractivity contribution in [3.8, 4) is 0 Å². The topological polar surface area (TPSA) is 139 Å². The lowest BCUT2D eigenvalue weighted by Gasteiger charge is -2.32. The van der Waals surface area contributed by atoms with Crippen LogP contribution in [0.4, 0.5) is 5.69 Å². The highest BCUT2D eigenvalue weighted by Crippen LogP contribution is 2.15. The van der Waals surface area contributed by atoms with Gasteiger partial charge in [0.1, 0.15) is 0 Å². The molecule has 23 heavy (non-hydrogen) atoms. The maximum absolute atomic E-state index is 11.9. The highest BCUT2D eigenvalue weighted by molar-refractivity contribution is 5.86. The van der Waals surface area contributed by atoms with Gasteiger partial charge in [0.15, 0.2) is 0 Å². The molecule has 0 bridgehead atoms. The van der Waals surface area contributed by atoms with Crippen molar-refractivity contribution in [1.82, 2.24) is 5.32 Å². The first-order chi connectivity index (χ1) is 10.7. The first-order valence-corrected chi connectivity index (χ1v) is 7.53. The number of aryl methyl sites for hydroxylation is 1. The number of nitrogens with two attached hydrogens (primary N) is 2. The first kappa shape index (κ1) is 18.9. The smallest absolute Gasteiger partial charge is 0.358 e. The summed E-state index contributed by atoms with van der Waals surface area (Å²) in [5, 5.41) is 21.5. The SMILES string of the molecule is CC(C)[C@@H](N)[C@@](O)(NC(=O)CCCc1ccc(N)cc1)C(=O)O. The Bertz CT molecular complexity index is 545. The number of nitrogen functional groups attached to an aromatic ring is 1. The van der Waals surface area contributed by atoms with Crippen LogP contribution in [0.3, 0.4) is 0 Å². The summed E-state index contributed by atoms with van der Waals surface area (Å²) >= 11 is 0. The zero-order valence-electron chi connectivity index (χ0n) is 13.5. The molecule has 1 aromatic rings. The third-order valence-corrected chi connectivity index (χ3v) is 3.71. The molecule has 0 radical (unpaired) electrons. The number of amides is 1. The fraction of sp³-hybridized carbons (Fsp3) is 0.500. The largest absolute Gasteiger partial charge is 0.478 e. The molecule has 0 heterocycles. The molecular weight excluding hydrogens is 298 g/mol. The number of anilines is 1. The summed E-state index contributed by atoms with van der Waals surface area (Å²) in [5.41, 5.74) is 10.5. The quantitative estimate of drug-likeness (QED) is 0.348. The van der Waals surface area contributed by atoms with E-state index in [1.807, 2.05) is 12.1 Å². The van der Waals surface area contributed by atoms with Crippen molar-refractivity contribution in [2.75, 3.05) is 5.73 Å². The molecule has 0 aliphatic carbocycles. The van der Waals surface area contributed by atoms with Crippen LogP contribution in [-0.4, -0.2) is 33.9 Å². The fourth-order valence-corrected chi connectivity index (χ4v) is 2.17. The van der Waals surface area contributed by atoms with Gasteiger partial charge in [-0.1, -0.05) is 26.0 Å². The molecular formula is C16H25N3O4. The van der Waals surface area contributed by atoms with E-state index < -0.39 is 23.6 Å². The van der Waals surface area contributed by atoms with Crippen LogP contribution < -0.4 is 16.8 Å². The average Bonchev–Trinajstić information content (AvgIpc) is 2.48. The summed E-state index contributed by atoms with van der Waals surface area (Å²) in [6.07, 6.45) is 1.25. The lowest BCUT2D eigenvalue weighted by molar-refractivity contribution is -0.170. The van der Waals surface area contributed by atoms with Gasteiger partial charge in [0, 0.05) is 12.1 Å². The van der Waals surface area contributed by atoms with E-state index in [1.165, 1.54) is 0 Å². The van der Waals surface area contributed by atoms with Crippen molar-refractivity contribution >= 4 is 17.6 Å². The Labute approximate surface area is 135 Å². The van der Waals surface area contributed by atoms with Gasteiger partial charge in [0.2, 0.25) is 5.91 Å². The minimum absolute atomic E-state index is 0.0881. The molecule has 0 aliphatic heterocycles. The molecule has 2 atom stereocenters. The van der Waals surface area contributed by atoms with Crippen LogP contribution in [0.1, 0.15) is 32.3 Å². The third-order valence-electron chi connectivity index (χ3n) is 3.71. The van der Waals surface area contributed by atoms with E-state index in [0.29, 0.717) is 18.5 Å². The second-order valence-corrected chi connectivity index (χ2v) is 5.98. The highest BCUT2D eigenvalue weighted by atomic mass is 16.4. The summed E-state index contributed by atoms with van der Waals surface area (Å²) < 4.78 is 0. The van der Waals surface area contributed by atoms with Crippen molar-refractivity contribution in [1.29, 1.82) is 0 Å². The van der Waals surface area contributed by atoms with Crippen LogP contribution in [-0.2, 0) is 16.0 Å². The number of benzene rings is 1. The van der Waals surface area contributed by atoms with Gasteiger partial charge < -0.3 is 27.0 Å². The van der Waals surface area contributed by atoms with Crippen LogP contribution in [0.5, 0.6) is 0 Å². The summed E-state index contributed by atoms with van der Waals surface area (Å²) in [5.74, 6) is -2.43. The number of nitrogens with one attached hydrogen (secondary N) is 1. The lowest BCUT2D eigenvalue weighted by Crippen LogP contribution is -2.66. The molecule has 7 heteroatoms. The Morgan fingerprint density at radius 1 is 1.26 bits per heavy atom. The minimum Gasteiger partial charge on any atom is -0.478 e. The van der Waals surface area contributed by atoms with Crippen molar-refractivity contribution in [3.05, 3.63) is 29.8 Å². The molecule has 7 nitrogen and oxygen atoms in total. The predicted molar refractivity (Wildman–Crippen MR) is 87.3 cm³/mol. The van der Waals surface area contributed by atoms with Gasteiger partial charge in [-0.3, -0.25) is 4.79 Å². The molecule has 0 fully saturated rings. The first-order valence-electron chi connectivity index (χ1n) is 7.53. The molecule has 128 valence electrons. The number of aliphatic carboxylic acids is 1. The maximum Gasteiger partial charge on any atom is 0.358 e. The Kier molecular flexibility index (Phi) is 6.53. The summed E-state index contributed by atoms with van der Waals surface area (Å²) in [7, 11) is 0. The summed E-state index contributed by atoms with van der Waals surface area (Å²) in [4.78, 5) is 23.2. The zero-order valence-corrected chi connectivity index (χ0v) is 13.5. The normalized spacial score (nSPS) is 15.0. The highest BCUT2D eigenvalue weighted by Gasteiger charge is 2.45. The Morgan fingerprint density at radius 3 is 2.30 bits per heavy atom. The second-order valence-electron chi connectivity index (χ2n) is 5.98. The number of carbonyl (C=O) groups is 2. The Hall–Kier alpha value is -2.12. The molecule has 0 saturated heterocycles. The third kappa shape index (κ3) is 5.22. The van der Waals surface area contributed by atoms with Gasteiger partial charge in [0.05, 0.1) is 6.04 Å². The maximum atomic E-state index is 11.9. The van der Waals surface area contributed by atoms with E-state index in [1.54, 1.807) is 26.0 Å². The van der Waals surface area contributed by atoms with Crippen LogP contribution in [0, 0.1) is 5.92 Å². The number of carboxylic acid groups (broad SMARTS) is 1. The van der Waals surface area contributed by atoms with Crippen LogP contribution in [0.15, 0.2) is 24.3 Å². The Morgan fingerprint density at radius 2 is 1.83 bits per heavy atom. The van der Waals surface area contributed by atoms with Gasteiger partial charge in [0.25, 0.3) is 5.72 Å². The average molecular weight is 323 g/mol. The van der Waals surface area contributed by atoms with Gasteiger partial charge in [-0.15, -0.1) is 0 Å². The van der Waals surface area contributed by atoms with Crippen molar-refractivity contribution in [2.45, 2.75) is 44.9 Å². The zero-order chi connectivity index (χ0) is 17.6. The van der Waals surface area contributed by atoms with E-state index in [-0.39, 0.29) is 12.3 Å². The lowest BCUT2D eigenvalue weighted by atomic mass is 9.93. The minimum atomic E-state index is -2.47. The molecule has 0 spiro atoms. The van der Waals surface area contributed by atoms with Crippen LogP contribution in [0.25, 0.3) is 0 Å². The molecule has 0 aliphatic rings. The van der Waals surface area contributed by atoms with Crippen LogP contribution >= 0.6 is 0 Å². The molecule has 0 unspecified atom stereocenters. The second kappa shape index (κ2) is 7.94. The van der Waals surface area contributed by atoms with Crippen LogP contribution in [0.2, 0.25) is 0 Å². The van der Waals surface area contributed by atoms with Gasteiger partial charge in [-0.2, -0.15) is 0 Å². The number of rotatable bonds is 8. The van der Waals surface area contributed by atoms with E-state index in [9.17, 15) is 19.8 Å². The van der Waals surface area contributed by atoms with E-state index >= 15 is 0 Å². The van der Waals surface area contributed by atoms with E-state index in [2.05, 4.69) is 5.32 Å². The summed E-state index contributed by atoms with van der Waals surface area (Å²) in [6, 6.07) is 6.19. The predicted octanol–water partition coefficient (Wildman–Crippen LogP) is 0.464. The number of carboxylic acids is 1. The number of hydrogen-bond acceptors (Lipinski definition) is 5. The molecule has 1 amide bonds. The van der Waals surface area contributed by atoms with Gasteiger partial charge >= 0.3 is 5.97 Å².